The van der Waals surface area contributed by atoms with Crippen LogP contribution in [0.4, 0.5) is 5.69 Å². The Morgan fingerprint density at radius 3 is 2.20 bits per heavy atom. The van der Waals surface area contributed by atoms with Crippen LogP contribution in [0.15, 0.2) is 79.1 Å². The first-order valence-corrected chi connectivity index (χ1v) is 11.5. The van der Waals surface area contributed by atoms with Crippen LogP contribution in [0.1, 0.15) is 15.9 Å². The molecule has 0 atom stereocenters. The fraction of sp³-hybridized carbons (Fsp3) is 0.296. The molecular weight excluding hydrogens is 464 g/mol. The number of para-hydroxylation sites is 1. The number of amides is 2. The average Bonchev–Trinajstić information content (AvgIpc) is 2.91. The Labute approximate surface area is 212 Å². The normalized spacial score (nSPS) is 13.6. The Balaban J connectivity index is 0.00000342. The highest BCUT2D eigenvalue weighted by Crippen LogP contribution is 2.19. The molecule has 1 aliphatic heterocycles. The van der Waals surface area contributed by atoms with Crippen LogP contribution in [0.25, 0.3) is 0 Å². The van der Waals surface area contributed by atoms with Crippen LogP contribution in [0, 0.1) is 0 Å². The van der Waals surface area contributed by atoms with Crippen LogP contribution in [0.3, 0.4) is 0 Å². The summed E-state index contributed by atoms with van der Waals surface area (Å²) in [6, 6.07) is 20.4. The molecule has 7 nitrogen and oxygen atoms in total. The van der Waals surface area contributed by atoms with E-state index >= 15 is 0 Å². The van der Waals surface area contributed by atoms with E-state index in [0.29, 0.717) is 30.1 Å². The van der Waals surface area contributed by atoms with Crippen molar-refractivity contribution in [3.63, 3.8) is 0 Å². The number of rotatable bonds is 8. The molecule has 1 fully saturated rings. The zero-order chi connectivity index (χ0) is 23.8. The molecule has 35 heavy (non-hydrogen) atoms. The van der Waals surface area contributed by atoms with Gasteiger partial charge in [0.15, 0.2) is 0 Å². The van der Waals surface area contributed by atoms with Crippen LogP contribution in [-0.4, -0.2) is 73.0 Å². The summed E-state index contributed by atoms with van der Waals surface area (Å²) in [7, 11) is 1.59. The SMILES string of the molecule is COc1ccc(C(=O)N(CC(=O)N2CCN(CCc3ccncc3)CC2)c2ccccc2)cc1.Cl. The summed E-state index contributed by atoms with van der Waals surface area (Å²) in [4.78, 5) is 36.4. The zero-order valence-electron chi connectivity index (χ0n) is 19.9. The van der Waals surface area contributed by atoms with Gasteiger partial charge >= 0.3 is 0 Å². The minimum absolute atomic E-state index is 0. The number of piperazine rings is 1. The van der Waals surface area contributed by atoms with Crippen molar-refractivity contribution in [2.24, 2.45) is 0 Å². The van der Waals surface area contributed by atoms with Crippen LogP contribution >= 0.6 is 12.4 Å². The number of pyridine rings is 1. The van der Waals surface area contributed by atoms with Gasteiger partial charge in [-0.15, -0.1) is 12.4 Å². The third-order valence-electron chi connectivity index (χ3n) is 6.13. The van der Waals surface area contributed by atoms with Gasteiger partial charge in [-0.05, 0) is 60.5 Å². The van der Waals surface area contributed by atoms with Gasteiger partial charge in [-0.1, -0.05) is 18.2 Å². The van der Waals surface area contributed by atoms with E-state index in [-0.39, 0.29) is 30.8 Å². The third kappa shape index (κ3) is 7.04. The maximum absolute atomic E-state index is 13.3. The van der Waals surface area contributed by atoms with E-state index in [9.17, 15) is 9.59 Å². The molecule has 0 bridgehead atoms. The van der Waals surface area contributed by atoms with Crippen molar-refractivity contribution in [2.75, 3.05) is 51.3 Å². The summed E-state index contributed by atoms with van der Waals surface area (Å²) >= 11 is 0. The summed E-state index contributed by atoms with van der Waals surface area (Å²) in [6.45, 7) is 3.94. The standard InChI is InChI=1S/C27H30N4O3.ClH/c1-34-25-9-7-23(8-10-25)27(33)31(24-5-3-2-4-6-24)21-26(32)30-19-17-29(18-20-30)16-13-22-11-14-28-15-12-22;/h2-12,14-15H,13,16-21H2,1H3;1H. The summed E-state index contributed by atoms with van der Waals surface area (Å²) in [5.74, 6) is 0.429. The lowest BCUT2D eigenvalue weighted by atomic mass is 10.1. The van der Waals surface area contributed by atoms with E-state index < -0.39 is 0 Å². The van der Waals surface area contributed by atoms with Crippen molar-refractivity contribution in [1.82, 2.24) is 14.8 Å². The van der Waals surface area contributed by atoms with Gasteiger partial charge in [0, 0.05) is 56.4 Å². The predicted molar refractivity (Wildman–Crippen MR) is 139 cm³/mol. The number of carbonyl (C=O) groups excluding carboxylic acids is 2. The van der Waals surface area contributed by atoms with Gasteiger partial charge in [-0.3, -0.25) is 24.4 Å². The molecule has 1 aromatic heterocycles. The highest BCUT2D eigenvalue weighted by atomic mass is 35.5. The molecule has 1 saturated heterocycles. The highest BCUT2D eigenvalue weighted by molar-refractivity contribution is 6.08. The van der Waals surface area contributed by atoms with Gasteiger partial charge in [-0.25, -0.2) is 0 Å². The zero-order valence-corrected chi connectivity index (χ0v) is 20.7. The molecule has 1 aliphatic rings. The van der Waals surface area contributed by atoms with Crippen molar-refractivity contribution in [3.05, 3.63) is 90.3 Å². The molecular formula is C27H31ClN4O3. The second kappa shape index (κ2) is 12.9. The number of carbonyl (C=O) groups is 2. The van der Waals surface area contributed by atoms with Crippen molar-refractivity contribution < 1.29 is 14.3 Å². The summed E-state index contributed by atoms with van der Waals surface area (Å²) in [5.41, 5.74) is 2.48. The molecule has 2 heterocycles. The number of nitrogens with zero attached hydrogens (tertiary/aromatic N) is 4. The Kier molecular flexibility index (Phi) is 9.64. The summed E-state index contributed by atoms with van der Waals surface area (Å²) in [6.07, 6.45) is 4.60. The molecule has 2 amide bonds. The van der Waals surface area contributed by atoms with Crippen molar-refractivity contribution >= 4 is 29.9 Å². The Hall–Kier alpha value is -3.42. The number of aromatic nitrogens is 1. The van der Waals surface area contributed by atoms with Crippen LogP contribution in [0.2, 0.25) is 0 Å². The fourth-order valence-corrected chi connectivity index (χ4v) is 4.07. The molecule has 0 spiro atoms. The number of methoxy groups -OCH3 is 1. The fourth-order valence-electron chi connectivity index (χ4n) is 4.07. The number of hydrogen-bond acceptors (Lipinski definition) is 5. The van der Waals surface area contributed by atoms with Crippen LogP contribution < -0.4 is 9.64 Å². The van der Waals surface area contributed by atoms with Crippen LogP contribution in [-0.2, 0) is 11.2 Å². The summed E-state index contributed by atoms with van der Waals surface area (Å²) in [5, 5.41) is 0. The van der Waals surface area contributed by atoms with Gasteiger partial charge in [-0.2, -0.15) is 0 Å². The number of benzene rings is 2. The lowest BCUT2D eigenvalue weighted by Crippen LogP contribution is -2.52. The molecule has 0 aliphatic carbocycles. The monoisotopic (exact) mass is 494 g/mol. The first kappa shape index (κ1) is 26.2. The topological polar surface area (TPSA) is 66.0 Å². The van der Waals surface area contributed by atoms with Gasteiger partial charge in [0.25, 0.3) is 5.91 Å². The molecule has 0 radical (unpaired) electrons. The quantitative estimate of drug-likeness (QED) is 0.479. The van der Waals surface area contributed by atoms with Crippen molar-refractivity contribution in [3.8, 4) is 5.75 Å². The van der Waals surface area contributed by atoms with E-state index in [1.807, 2.05) is 59.8 Å². The first-order valence-electron chi connectivity index (χ1n) is 11.5. The second-order valence-corrected chi connectivity index (χ2v) is 8.28. The van der Waals surface area contributed by atoms with Crippen molar-refractivity contribution in [1.29, 1.82) is 0 Å². The number of ether oxygens (including phenoxy) is 1. The number of anilines is 1. The summed E-state index contributed by atoms with van der Waals surface area (Å²) < 4.78 is 5.20. The number of halogens is 1. The smallest absolute Gasteiger partial charge is 0.258 e. The van der Waals surface area contributed by atoms with Gasteiger partial charge in [0.05, 0.1) is 7.11 Å². The number of hydrogen-bond donors (Lipinski definition) is 0. The first-order chi connectivity index (χ1) is 16.6. The van der Waals surface area contributed by atoms with Gasteiger partial charge < -0.3 is 9.64 Å². The van der Waals surface area contributed by atoms with E-state index in [0.717, 1.165) is 26.1 Å². The van der Waals surface area contributed by atoms with E-state index in [1.54, 1.807) is 36.3 Å². The lowest BCUT2D eigenvalue weighted by Gasteiger charge is -2.36. The van der Waals surface area contributed by atoms with Gasteiger partial charge in [0.2, 0.25) is 5.91 Å². The minimum atomic E-state index is -0.210. The average molecular weight is 495 g/mol. The molecule has 2 aromatic carbocycles. The lowest BCUT2D eigenvalue weighted by molar-refractivity contribution is -0.131. The van der Waals surface area contributed by atoms with Crippen LogP contribution in [0.5, 0.6) is 5.75 Å². The maximum Gasteiger partial charge on any atom is 0.258 e. The third-order valence-corrected chi connectivity index (χ3v) is 6.13. The predicted octanol–water partition coefficient (Wildman–Crippen LogP) is 3.55. The molecule has 3 aromatic rings. The molecule has 0 saturated carbocycles. The Morgan fingerprint density at radius 1 is 0.914 bits per heavy atom. The van der Waals surface area contributed by atoms with Crippen molar-refractivity contribution in [2.45, 2.75) is 6.42 Å². The molecule has 4 rings (SSSR count). The highest BCUT2D eigenvalue weighted by Gasteiger charge is 2.26. The molecule has 0 N–H and O–H groups in total. The minimum Gasteiger partial charge on any atom is -0.497 e. The Morgan fingerprint density at radius 2 is 1.57 bits per heavy atom. The maximum atomic E-state index is 13.3. The Bertz CT molecular complexity index is 1070. The van der Waals surface area contributed by atoms with E-state index in [2.05, 4.69) is 9.88 Å². The van der Waals surface area contributed by atoms with E-state index in [4.69, 9.17) is 4.74 Å². The van der Waals surface area contributed by atoms with Gasteiger partial charge in [0.1, 0.15) is 12.3 Å². The van der Waals surface area contributed by atoms with E-state index in [1.165, 1.54) is 5.56 Å². The molecule has 184 valence electrons. The molecule has 8 heteroatoms. The molecule has 0 unspecified atom stereocenters. The second-order valence-electron chi connectivity index (χ2n) is 8.28. The largest absolute Gasteiger partial charge is 0.497 e.